The van der Waals surface area contributed by atoms with Crippen LogP contribution >= 0.6 is 11.6 Å². The molecule has 0 saturated heterocycles. The average Bonchev–Trinajstić information content (AvgIpc) is 2.52. The zero-order valence-corrected chi connectivity index (χ0v) is 12.4. The molecule has 0 unspecified atom stereocenters. The van der Waals surface area contributed by atoms with Crippen LogP contribution in [0.4, 0.5) is 0 Å². The maximum atomic E-state index is 5.78. The largest absolute Gasteiger partial charge is 0.428 e. The Balaban J connectivity index is 2.40. The number of fused-ring (bicyclic) bond motifs is 1. The molecule has 0 amide bonds. The van der Waals surface area contributed by atoms with E-state index in [1.165, 1.54) is 5.56 Å². The molecule has 0 aliphatic heterocycles. The van der Waals surface area contributed by atoms with Crippen LogP contribution in [0.1, 0.15) is 46.6 Å². The van der Waals surface area contributed by atoms with E-state index in [-0.39, 0.29) is 16.2 Å². The van der Waals surface area contributed by atoms with Crippen molar-refractivity contribution in [2.45, 2.75) is 46.5 Å². The van der Waals surface area contributed by atoms with Crippen molar-refractivity contribution in [2.75, 3.05) is 0 Å². The number of hydrogen-bond acceptors (Lipinski definition) is 2. The monoisotopic (exact) mass is 265 g/mol. The highest BCUT2D eigenvalue weighted by Gasteiger charge is 2.27. The minimum Gasteiger partial charge on any atom is -0.428 e. The van der Waals surface area contributed by atoms with Gasteiger partial charge in [0, 0.05) is 0 Å². The Labute approximate surface area is 113 Å². The van der Waals surface area contributed by atoms with E-state index < -0.39 is 0 Å². The number of halogens is 1. The third kappa shape index (κ3) is 2.86. The summed E-state index contributed by atoms with van der Waals surface area (Å²) in [6.07, 6.45) is 1.10. The van der Waals surface area contributed by atoms with Gasteiger partial charge in [-0.25, -0.2) is 0 Å². The first kappa shape index (κ1) is 13.4. The van der Waals surface area contributed by atoms with Gasteiger partial charge in [0.2, 0.25) is 0 Å². The zero-order valence-electron chi connectivity index (χ0n) is 11.7. The van der Waals surface area contributed by atoms with Gasteiger partial charge in [0.05, 0.1) is 0 Å². The van der Waals surface area contributed by atoms with E-state index in [0.717, 1.165) is 17.5 Å². The van der Waals surface area contributed by atoms with Crippen molar-refractivity contribution in [3.63, 3.8) is 0 Å². The molecule has 0 aliphatic carbocycles. The Morgan fingerprint density at radius 2 is 1.83 bits per heavy atom. The molecule has 1 heterocycles. The van der Waals surface area contributed by atoms with Gasteiger partial charge in [0.1, 0.15) is 5.52 Å². The standard InChI is InChI=1S/C15H20ClNO/c1-14(2,3)9-15(4,5)10-6-7-11-12(8-10)18-13(16)17-11/h6-8H,9H2,1-5H3. The first-order valence-corrected chi connectivity index (χ1v) is 6.62. The highest BCUT2D eigenvalue weighted by molar-refractivity contribution is 6.28. The van der Waals surface area contributed by atoms with Gasteiger partial charge in [-0.3, -0.25) is 0 Å². The summed E-state index contributed by atoms with van der Waals surface area (Å²) in [7, 11) is 0. The van der Waals surface area contributed by atoms with E-state index in [1.54, 1.807) is 0 Å². The highest BCUT2D eigenvalue weighted by Crippen LogP contribution is 2.37. The second-order valence-electron chi connectivity index (χ2n) is 6.77. The number of rotatable bonds is 2. The maximum Gasteiger partial charge on any atom is 0.293 e. The second kappa shape index (κ2) is 4.27. The molecule has 0 atom stereocenters. The molecule has 0 spiro atoms. The SMILES string of the molecule is CC(C)(C)CC(C)(C)c1ccc2nc(Cl)oc2c1. The summed E-state index contributed by atoms with van der Waals surface area (Å²) in [5.41, 5.74) is 3.23. The van der Waals surface area contributed by atoms with Crippen LogP contribution < -0.4 is 0 Å². The molecule has 3 heteroatoms. The van der Waals surface area contributed by atoms with E-state index >= 15 is 0 Å². The number of hydrogen-bond donors (Lipinski definition) is 0. The van der Waals surface area contributed by atoms with Crippen molar-refractivity contribution in [3.8, 4) is 0 Å². The first-order chi connectivity index (χ1) is 8.17. The van der Waals surface area contributed by atoms with Crippen LogP contribution in [-0.2, 0) is 5.41 Å². The van der Waals surface area contributed by atoms with E-state index in [9.17, 15) is 0 Å². The molecular formula is C15H20ClNO. The minimum atomic E-state index is 0.103. The van der Waals surface area contributed by atoms with Gasteiger partial charge in [-0.15, -0.1) is 0 Å². The summed E-state index contributed by atoms with van der Waals surface area (Å²) in [5.74, 6) is 0. The van der Waals surface area contributed by atoms with E-state index in [2.05, 4.69) is 51.7 Å². The van der Waals surface area contributed by atoms with Gasteiger partial charge in [-0.1, -0.05) is 40.7 Å². The van der Waals surface area contributed by atoms with Crippen molar-refractivity contribution in [1.29, 1.82) is 0 Å². The van der Waals surface area contributed by atoms with Crippen molar-refractivity contribution < 1.29 is 4.42 Å². The minimum absolute atomic E-state index is 0.103. The number of oxazole rings is 1. The summed E-state index contributed by atoms with van der Waals surface area (Å²) >= 11 is 5.78. The van der Waals surface area contributed by atoms with Crippen LogP contribution in [0.25, 0.3) is 11.1 Å². The predicted octanol–water partition coefficient (Wildman–Crippen LogP) is 5.20. The lowest BCUT2D eigenvalue weighted by atomic mass is 9.72. The third-order valence-electron chi connectivity index (χ3n) is 3.12. The molecule has 0 aliphatic rings. The molecule has 0 radical (unpaired) electrons. The van der Waals surface area contributed by atoms with Gasteiger partial charge in [0.25, 0.3) is 5.35 Å². The molecule has 18 heavy (non-hydrogen) atoms. The van der Waals surface area contributed by atoms with Crippen LogP contribution in [0, 0.1) is 5.41 Å². The lowest BCUT2D eigenvalue weighted by molar-refractivity contribution is 0.284. The van der Waals surface area contributed by atoms with Gasteiger partial charge in [-0.05, 0) is 46.5 Å². The Morgan fingerprint density at radius 3 is 2.44 bits per heavy atom. The summed E-state index contributed by atoms with van der Waals surface area (Å²) in [6, 6.07) is 6.15. The smallest absolute Gasteiger partial charge is 0.293 e. The highest BCUT2D eigenvalue weighted by atomic mass is 35.5. The Bertz CT molecular complexity index is 563. The average molecular weight is 266 g/mol. The number of benzene rings is 1. The van der Waals surface area contributed by atoms with Crippen LogP contribution in [0.3, 0.4) is 0 Å². The molecule has 2 aromatic rings. The van der Waals surface area contributed by atoms with E-state index in [1.807, 2.05) is 6.07 Å². The topological polar surface area (TPSA) is 26.0 Å². The number of aromatic nitrogens is 1. The molecule has 2 rings (SSSR count). The quantitative estimate of drug-likeness (QED) is 0.746. The third-order valence-corrected chi connectivity index (χ3v) is 3.28. The predicted molar refractivity (Wildman–Crippen MR) is 76.1 cm³/mol. The maximum absolute atomic E-state index is 5.78. The summed E-state index contributed by atoms with van der Waals surface area (Å²) < 4.78 is 5.39. The lowest BCUT2D eigenvalue weighted by Gasteiger charge is -2.32. The van der Waals surface area contributed by atoms with Crippen molar-refractivity contribution in [1.82, 2.24) is 4.98 Å². The van der Waals surface area contributed by atoms with Crippen molar-refractivity contribution in [3.05, 3.63) is 29.1 Å². The molecule has 1 aromatic carbocycles. The normalized spacial score (nSPS) is 13.2. The fourth-order valence-electron chi connectivity index (χ4n) is 2.75. The zero-order chi connectivity index (χ0) is 13.6. The van der Waals surface area contributed by atoms with Crippen LogP contribution in [0.15, 0.2) is 22.6 Å². The first-order valence-electron chi connectivity index (χ1n) is 6.24. The molecular weight excluding hydrogens is 246 g/mol. The molecule has 0 saturated carbocycles. The van der Waals surface area contributed by atoms with Crippen molar-refractivity contribution in [2.24, 2.45) is 5.41 Å². The van der Waals surface area contributed by atoms with E-state index in [4.69, 9.17) is 16.0 Å². The fraction of sp³-hybridized carbons (Fsp3) is 0.533. The molecule has 98 valence electrons. The Morgan fingerprint density at radius 1 is 1.17 bits per heavy atom. The van der Waals surface area contributed by atoms with E-state index in [0.29, 0.717) is 0 Å². The molecule has 0 fully saturated rings. The summed E-state index contributed by atoms with van der Waals surface area (Å²) in [5, 5.41) is 0.204. The second-order valence-corrected chi connectivity index (χ2v) is 7.09. The Kier molecular flexibility index (Phi) is 3.18. The van der Waals surface area contributed by atoms with Crippen molar-refractivity contribution >= 4 is 22.7 Å². The lowest BCUT2D eigenvalue weighted by Crippen LogP contribution is -2.24. The molecule has 0 N–H and O–H groups in total. The number of nitrogens with zero attached hydrogens (tertiary/aromatic N) is 1. The Hall–Kier alpha value is -1.02. The molecule has 0 bridgehead atoms. The van der Waals surface area contributed by atoms with Crippen LogP contribution in [-0.4, -0.2) is 4.98 Å². The van der Waals surface area contributed by atoms with Gasteiger partial charge >= 0.3 is 0 Å². The fourth-order valence-corrected chi connectivity index (χ4v) is 2.92. The molecule has 1 aromatic heterocycles. The van der Waals surface area contributed by atoms with Gasteiger partial charge in [0.15, 0.2) is 5.58 Å². The molecule has 2 nitrogen and oxygen atoms in total. The van der Waals surface area contributed by atoms with Gasteiger partial charge < -0.3 is 4.42 Å². The summed E-state index contributed by atoms with van der Waals surface area (Å²) in [4.78, 5) is 4.11. The van der Waals surface area contributed by atoms with Gasteiger partial charge in [-0.2, -0.15) is 4.98 Å². The van der Waals surface area contributed by atoms with Crippen LogP contribution in [0.2, 0.25) is 5.35 Å². The van der Waals surface area contributed by atoms with Crippen LogP contribution in [0.5, 0.6) is 0 Å². The summed E-state index contributed by atoms with van der Waals surface area (Å²) in [6.45, 7) is 11.3.